The van der Waals surface area contributed by atoms with Gasteiger partial charge in [-0.1, -0.05) is 50.0 Å². The number of allylic oxidation sites excluding steroid dienone is 6. The lowest BCUT2D eigenvalue weighted by Crippen LogP contribution is -2.45. The van der Waals surface area contributed by atoms with E-state index >= 15 is 0 Å². The minimum Gasteiger partial charge on any atom is -0.483 e. The van der Waals surface area contributed by atoms with Crippen LogP contribution in [0.25, 0.3) is 0 Å². The fraction of sp³-hybridized carbons (Fsp3) is 0.440. The molecule has 1 aliphatic rings. The van der Waals surface area contributed by atoms with Crippen molar-refractivity contribution in [3.05, 3.63) is 71.4 Å². The maximum absolute atomic E-state index is 13.2. The first-order valence-electron chi connectivity index (χ1n) is 10.9. The summed E-state index contributed by atoms with van der Waals surface area (Å²) in [5, 5.41) is 2.77. The number of carbonyl (C=O) groups is 1. The van der Waals surface area contributed by atoms with E-state index in [0.717, 1.165) is 23.3 Å². The summed E-state index contributed by atoms with van der Waals surface area (Å²) in [7, 11) is 1.41. The standard InChI is InChI=1S/C25H34F3N3O2/c1-6-10-19(15-22(12-8-3)25(26,27)28)16-29-23(33-5)17-30-24(32)31-14-13-20(9-4)21(18-31)11-7-2/h6-7,9-12,15H,4,8,13-14,16-18H2,1-3,5H3,(H,30,32)/b10-6-,11-7-,19-15+,22-12-,29-23?. The van der Waals surface area contributed by atoms with Crippen molar-refractivity contribution in [2.75, 3.05) is 33.3 Å². The van der Waals surface area contributed by atoms with Gasteiger partial charge in [-0.2, -0.15) is 13.2 Å². The molecule has 0 atom stereocenters. The van der Waals surface area contributed by atoms with Crippen molar-refractivity contribution >= 4 is 11.9 Å². The van der Waals surface area contributed by atoms with Gasteiger partial charge in [-0.25, -0.2) is 9.79 Å². The van der Waals surface area contributed by atoms with Gasteiger partial charge in [0.15, 0.2) is 0 Å². The number of nitrogens with one attached hydrogen (secondary N) is 1. The molecular formula is C25H34F3N3O2. The fourth-order valence-electron chi connectivity index (χ4n) is 3.24. The van der Waals surface area contributed by atoms with E-state index in [1.165, 1.54) is 7.11 Å². The minimum atomic E-state index is -4.44. The predicted molar refractivity (Wildman–Crippen MR) is 128 cm³/mol. The Hall–Kier alpha value is -3.03. The normalized spacial score (nSPS) is 16.7. The molecule has 0 saturated heterocycles. The highest BCUT2D eigenvalue weighted by atomic mass is 19.4. The average Bonchev–Trinajstić information content (AvgIpc) is 2.78. The van der Waals surface area contributed by atoms with E-state index in [1.54, 1.807) is 30.9 Å². The van der Waals surface area contributed by atoms with Gasteiger partial charge < -0.3 is 15.0 Å². The van der Waals surface area contributed by atoms with Crippen molar-refractivity contribution in [3.63, 3.8) is 0 Å². The summed E-state index contributed by atoms with van der Waals surface area (Å²) in [6.45, 7) is 10.2. The number of nitrogens with zero attached hydrogens (tertiary/aromatic N) is 2. The van der Waals surface area contributed by atoms with Crippen LogP contribution in [0.5, 0.6) is 0 Å². The molecule has 0 aliphatic carbocycles. The first-order valence-corrected chi connectivity index (χ1v) is 10.9. The number of halogens is 3. The molecule has 0 aromatic carbocycles. The zero-order chi connectivity index (χ0) is 24.9. The van der Waals surface area contributed by atoms with Crippen molar-refractivity contribution in [1.82, 2.24) is 10.2 Å². The molecule has 0 saturated carbocycles. The molecule has 1 aliphatic heterocycles. The second-order valence-corrected chi connectivity index (χ2v) is 7.28. The summed E-state index contributed by atoms with van der Waals surface area (Å²) in [6.07, 6.45) is 7.69. The summed E-state index contributed by atoms with van der Waals surface area (Å²) in [6, 6.07) is -0.265. The predicted octanol–water partition coefficient (Wildman–Crippen LogP) is 5.91. The topological polar surface area (TPSA) is 53.9 Å². The Labute approximate surface area is 194 Å². The summed E-state index contributed by atoms with van der Waals surface area (Å²) >= 11 is 0. The monoisotopic (exact) mass is 465 g/mol. The number of urea groups is 1. The fourth-order valence-corrected chi connectivity index (χ4v) is 3.24. The van der Waals surface area contributed by atoms with E-state index in [9.17, 15) is 18.0 Å². The number of aliphatic imine (C=N–C) groups is 1. The third kappa shape index (κ3) is 9.55. The zero-order valence-electron chi connectivity index (χ0n) is 19.8. The lowest BCUT2D eigenvalue weighted by atomic mass is 10.00. The Morgan fingerprint density at radius 1 is 1.27 bits per heavy atom. The maximum Gasteiger partial charge on any atom is 0.416 e. The minimum absolute atomic E-state index is 0.0128. The van der Waals surface area contributed by atoms with Gasteiger partial charge in [0.05, 0.1) is 25.8 Å². The van der Waals surface area contributed by atoms with E-state index in [2.05, 4.69) is 16.9 Å². The van der Waals surface area contributed by atoms with Gasteiger partial charge in [-0.05, 0) is 49.5 Å². The molecule has 1 rings (SSSR count). The second-order valence-electron chi connectivity index (χ2n) is 7.28. The van der Waals surface area contributed by atoms with Crippen LogP contribution in [0.4, 0.5) is 18.0 Å². The summed E-state index contributed by atoms with van der Waals surface area (Å²) in [4.78, 5) is 18.6. The van der Waals surface area contributed by atoms with Crippen LogP contribution in [-0.4, -0.2) is 56.3 Å². The highest BCUT2D eigenvalue weighted by Gasteiger charge is 2.31. The van der Waals surface area contributed by atoms with Crippen LogP contribution in [-0.2, 0) is 4.74 Å². The lowest BCUT2D eigenvalue weighted by Gasteiger charge is -2.29. The van der Waals surface area contributed by atoms with Crippen LogP contribution in [0.15, 0.2) is 76.4 Å². The summed E-state index contributed by atoms with van der Waals surface area (Å²) in [5.74, 6) is 0.222. The molecule has 0 bridgehead atoms. The molecule has 1 N–H and O–H groups in total. The van der Waals surface area contributed by atoms with Crippen LogP contribution in [0.2, 0.25) is 0 Å². The first-order chi connectivity index (χ1) is 15.7. The van der Waals surface area contributed by atoms with Crippen LogP contribution >= 0.6 is 0 Å². The zero-order valence-corrected chi connectivity index (χ0v) is 19.8. The van der Waals surface area contributed by atoms with Crippen LogP contribution < -0.4 is 5.32 Å². The van der Waals surface area contributed by atoms with Crippen molar-refractivity contribution in [3.8, 4) is 0 Å². The number of carbonyl (C=O) groups excluding carboxylic acids is 1. The summed E-state index contributed by atoms with van der Waals surface area (Å²) in [5.41, 5.74) is 1.82. The lowest BCUT2D eigenvalue weighted by molar-refractivity contribution is -0.0884. The van der Waals surface area contributed by atoms with Gasteiger partial charge in [0.2, 0.25) is 5.90 Å². The highest BCUT2D eigenvalue weighted by molar-refractivity contribution is 5.84. The van der Waals surface area contributed by atoms with Gasteiger partial charge in [-0.15, -0.1) is 0 Å². The molecule has 2 amide bonds. The quantitative estimate of drug-likeness (QED) is 0.262. The van der Waals surface area contributed by atoms with E-state index in [1.807, 2.05) is 25.2 Å². The first kappa shape index (κ1) is 28.0. The number of alkyl halides is 3. The second kappa shape index (κ2) is 14.2. The van der Waals surface area contributed by atoms with Crippen molar-refractivity contribution in [2.24, 2.45) is 4.99 Å². The molecule has 0 spiro atoms. The molecule has 5 nitrogen and oxygen atoms in total. The molecule has 0 unspecified atom stereocenters. The van der Waals surface area contributed by atoms with E-state index in [-0.39, 0.29) is 31.4 Å². The van der Waals surface area contributed by atoms with Crippen molar-refractivity contribution in [2.45, 2.75) is 39.8 Å². The number of amides is 2. The third-order valence-corrected chi connectivity index (χ3v) is 4.86. The van der Waals surface area contributed by atoms with Crippen LogP contribution in [0, 0.1) is 0 Å². The molecule has 182 valence electrons. The molecule has 8 heteroatoms. The van der Waals surface area contributed by atoms with Crippen LogP contribution in [0.3, 0.4) is 0 Å². The summed E-state index contributed by atoms with van der Waals surface area (Å²) < 4.78 is 44.9. The molecule has 0 aromatic rings. The van der Waals surface area contributed by atoms with E-state index < -0.39 is 11.7 Å². The Kier molecular flexibility index (Phi) is 12.0. The number of hydrogen-bond acceptors (Lipinski definition) is 3. The SMILES string of the molecule is C=CC1=C(/C=C\C)CN(C(=O)NCC(=NCC(/C=C\C)=C/C(=C/CC)C(F)(F)F)OC)CC1. The van der Waals surface area contributed by atoms with Gasteiger partial charge in [0.1, 0.15) is 0 Å². The van der Waals surface area contributed by atoms with E-state index in [4.69, 9.17) is 4.74 Å². The maximum atomic E-state index is 13.2. The Morgan fingerprint density at radius 3 is 2.55 bits per heavy atom. The number of ether oxygens (including phenoxy) is 1. The van der Waals surface area contributed by atoms with Crippen molar-refractivity contribution in [1.29, 1.82) is 0 Å². The van der Waals surface area contributed by atoms with Gasteiger partial charge in [-0.3, -0.25) is 0 Å². The molecule has 0 radical (unpaired) electrons. The number of methoxy groups -OCH3 is 1. The molecule has 0 aromatic heterocycles. The molecule has 0 fully saturated rings. The molecular weight excluding hydrogens is 431 g/mol. The number of hydrogen-bond donors (Lipinski definition) is 1. The highest BCUT2D eigenvalue weighted by Crippen LogP contribution is 2.28. The van der Waals surface area contributed by atoms with Gasteiger partial charge in [0.25, 0.3) is 0 Å². The van der Waals surface area contributed by atoms with Gasteiger partial charge in [0, 0.05) is 13.1 Å². The smallest absolute Gasteiger partial charge is 0.416 e. The number of rotatable bonds is 9. The Morgan fingerprint density at radius 2 is 2.00 bits per heavy atom. The average molecular weight is 466 g/mol. The Balaban J connectivity index is 2.86. The molecule has 33 heavy (non-hydrogen) atoms. The Bertz CT molecular complexity index is 863. The van der Waals surface area contributed by atoms with Crippen molar-refractivity contribution < 1.29 is 22.7 Å². The third-order valence-electron chi connectivity index (χ3n) is 4.86. The van der Waals surface area contributed by atoms with E-state index in [0.29, 0.717) is 25.1 Å². The largest absolute Gasteiger partial charge is 0.483 e. The van der Waals surface area contributed by atoms with Gasteiger partial charge >= 0.3 is 12.2 Å². The van der Waals surface area contributed by atoms with Crippen LogP contribution in [0.1, 0.15) is 33.6 Å². The molecule has 1 heterocycles.